The number of hydrogen-bond acceptors (Lipinski definition) is 6. The number of nitro groups is 1. The maximum Gasteiger partial charge on any atom is 0.293 e. The third-order valence-corrected chi connectivity index (χ3v) is 5.90. The molecule has 0 aliphatic heterocycles. The lowest BCUT2D eigenvalue weighted by atomic mass is 10.1. The van der Waals surface area contributed by atoms with Gasteiger partial charge in [-0.25, -0.2) is 9.97 Å². The van der Waals surface area contributed by atoms with Crippen LogP contribution in [0.4, 0.5) is 11.4 Å². The van der Waals surface area contributed by atoms with Crippen molar-refractivity contribution in [3.05, 3.63) is 86.7 Å². The van der Waals surface area contributed by atoms with Crippen molar-refractivity contribution in [2.75, 3.05) is 5.32 Å². The highest BCUT2D eigenvalue weighted by atomic mass is 32.2. The highest BCUT2D eigenvalue weighted by molar-refractivity contribution is 8.00. The SMILES string of the molecule is Cc1ccc(NC(=O)C(Sc2nc(C)c(C)c(C)n2)c2ccccc2)c([N+](=O)[O-])c1. The van der Waals surface area contributed by atoms with Crippen molar-refractivity contribution in [3.8, 4) is 0 Å². The summed E-state index contributed by atoms with van der Waals surface area (Å²) < 4.78 is 0. The van der Waals surface area contributed by atoms with E-state index < -0.39 is 10.2 Å². The number of carbonyl (C=O) groups excluding carboxylic acids is 1. The molecule has 0 spiro atoms. The van der Waals surface area contributed by atoms with Crippen molar-refractivity contribution >= 4 is 29.0 Å². The molecule has 1 amide bonds. The lowest BCUT2D eigenvalue weighted by Gasteiger charge is -2.17. The molecule has 1 aromatic heterocycles. The molecule has 0 radical (unpaired) electrons. The van der Waals surface area contributed by atoms with Gasteiger partial charge in [0.15, 0.2) is 5.16 Å². The monoisotopic (exact) mass is 422 g/mol. The fourth-order valence-electron chi connectivity index (χ4n) is 2.90. The molecular weight excluding hydrogens is 400 g/mol. The summed E-state index contributed by atoms with van der Waals surface area (Å²) in [5.74, 6) is -0.377. The fraction of sp³-hybridized carbons (Fsp3) is 0.227. The van der Waals surface area contributed by atoms with E-state index in [1.54, 1.807) is 19.1 Å². The second kappa shape index (κ2) is 9.04. The number of nitrogens with zero attached hydrogens (tertiary/aromatic N) is 3. The average molecular weight is 423 g/mol. The number of rotatable bonds is 6. The van der Waals surface area contributed by atoms with E-state index in [-0.39, 0.29) is 17.3 Å². The maximum atomic E-state index is 13.2. The van der Waals surface area contributed by atoms with Crippen LogP contribution >= 0.6 is 11.8 Å². The normalized spacial score (nSPS) is 11.7. The molecule has 1 unspecified atom stereocenters. The molecule has 1 N–H and O–H groups in total. The first-order valence-electron chi connectivity index (χ1n) is 9.35. The molecule has 0 saturated heterocycles. The van der Waals surface area contributed by atoms with E-state index in [0.29, 0.717) is 5.16 Å². The van der Waals surface area contributed by atoms with Gasteiger partial charge in [-0.05, 0) is 50.5 Å². The van der Waals surface area contributed by atoms with Gasteiger partial charge in [-0.3, -0.25) is 14.9 Å². The van der Waals surface area contributed by atoms with Gasteiger partial charge in [0.25, 0.3) is 5.69 Å². The van der Waals surface area contributed by atoms with Crippen LogP contribution in [0.25, 0.3) is 0 Å². The molecule has 0 fully saturated rings. The predicted molar refractivity (Wildman–Crippen MR) is 118 cm³/mol. The number of nitrogens with one attached hydrogen (secondary N) is 1. The van der Waals surface area contributed by atoms with Crippen molar-refractivity contribution in [1.82, 2.24) is 9.97 Å². The maximum absolute atomic E-state index is 13.2. The zero-order chi connectivity index (χ0) is 21.8. The van der Waals surface area contributed by atoms with Crippen LogP contribution in [0.5, 0.6) is 0 Å². The van der Waals surface area contributed by atoms with Crippen LogP contribution in [0, 0.1) is 37.8 Å². The Morgan fingerprint density at radius 1 is 1.03 bits per heavy atom. The minimum atomic E-state index is -0.673. The van der Waals surface area contributed by atoms with Crippen LogP contribution in [0.3, 0.4) is 0 Å². The van der Waals surface area contributed by atoms with E-state index in [4.69, 9.17) is 0 Å². The van der Waals surface area contributed by atoms with E-state index in [1.165, 1.54) is 17.8 Å². The number of benzene rings is 2. The molecule has 1 atom stereocenters. The molecule has 0 saturated carbocycles. The largest absolute Gasteiger partial charge is 0.319 e. The molecular formula is C22H22N4O3S. The van der Waals surface area contributed by atoms with E-state index >= 15 is 0 Å². The van der Waals surface area contributed by atoms with Crippen LogP contribution < -0.4 is 5.32 Å². The number of nitro benzene ring substituents is 1. The Balaban J connectivity index is 1.96. The molecule has 154 valence electrons. The molecule has 0 bridgehead atoms. The fourth-order valence-corrected chi connectivity index (χ4v) is 3.95. The summed E-state index contributed by atoms with van der Waals surface area (Å²) in [5, 5.41) is 14.0. The quantitative estimate of drug-likeness (QED) is 0.257. The van der Waals surface area contributed by atoms with Gasteiger partial charge >= 0.3 is 0 Å². The summed E-state index contributed by atoms with van der Waals surface area (Å²) in [6.07, 6.45) is 0. The minimum Gasteiger partial charge on any atom is -0.319 e. The zero-order valence-electron chi connectivity index (χ0n) is 17.2. The Bertz CT molecular complexity index is 1080. The lowest BCUT2D eigenvalue weighted by molar-refractivity contribution is -0.384. The number of amides is 1. The number of anilines is 1. The summed E-state index contributed by atoms with van der Waals surface area (Å²) in [5.41, 5.74) is 4.24. The standard InChI is InChI=1S/C22H22N4O3S/c1-13-10-11-18(19(12-13)26(28)29)25-21(27)20(17-8-6-5-7-9-17)30-22-23-15(3)14(2)16(4)24-22/h5-12,20H,1-4H3,(H,25,27). The number of aryl methyl sites for hydroxylation is 3. The summed E-state index contributed by atoms with van der Waals surface area (Å²) in [6, 6.07) is 14.0. The molecule has 2 aromatic carbocycles. The van der Waals surface area contributed by atoms with Crippen molar-refractivity contribution in [2.45, 2.75) is 38.1 Å². The summed E-state index contributed by atoms with van der Waals surface area (Å²) >= 11 is 1.22. The average Bonchev–Trinajstić information content (AvgIpc) is 2.71. The summed E-state index contributed by atoms with van der Waals surface area (Å²) in [6.45, 7) is 7.53. The van der Waals surface area contributed by atoms with Gasteiger partial charge in [-0.2, -0.15) is 0 Å². The number of thioether (sulfide) groups is 1. The lowest BCUT2D eigenvalue weighted by Crippen LogP contribution is -2.20. The minimum absolute atomic E-state index is 0.140. The second-order valence-electron chi connectivity index (χ2n) is 6.98. The Labute approximate surface area is 179 Å². The van der Waals surface area contributed by atoms with Crippen LogP contribution in [-0.4, -0.2) is 20.8 Å². The number of hydrogen-bond donors (Lipinski definition) is 1. The Hall–Kier alpha value is -3.26. The van der Waals surface area contributed by atoms with Gasteiger partial charge in [-0.15, -0.1) is 0 Å². The Morgan fingerprint density at radius 3 is 2.27 bits per heavy atom. The molecule has 8 heteroatoms. The van der Waals surface area contributed by atoms with E-state index in [1.807, 2.05) is 51.1 Å². The van der Waals surface area contributed by atoms with Gasteiger partial charge in [0, 0.05) is 17.5 Å². The summed E-state index contributed by atoms with van der Waals surface area (Å²) in [4.78, 5) is 33.1. The predicted octanol–water partition coefficient (Wildman–Crippen LogP) is 5.09. The molecule has 3 rings (SSSR count). The third kappa shape index (κ3) is 4.83. The topological polar surface area (TPSA) is 98.0 Å². The van der Waals surface area contributed by atoms with Gasteiger partial charge in [0.2, 0.25) is 5.91 Å². The molecule has 1 heterocycles. The Kier molecular flexibility index (Phi) is 6.47. The van der Waals surface area contributed by atoms with Crippen molar-refractivity contribution < 1.29 is 9.72 Å². The first-order chi connectivity index (χ1) is 14.3. The first-order valence-corrected chi connectivity index (χ1v) is 10.2. The third-order valence-electron chi connectivity index (χ3n) is 4.78. The highest BCUT2D eigenvalue weighted by Gasteiger charge is 2.26. The molecule has 30 heavy (non-hydrogen) atoms. The molecule has 0 aliphatic rings. The van der Waals surface area contributed by atoms with Crippen molar-refractivity contribution in [1.29, 1.82) is 0 Å². The van der Waals surface area contributed by atoms with Crippen LogP contribution in [0.2, 0.25) is 0 Å². The van der Waals surface area contributed by atoms with E-state index in [2.05, 4.69) is 15.3 Å². The van der Waals surface area contributed by atoms with Crippen LogP contribution in [0.1, 0.15) is 33.3 Å². The Morgan fingerprint density at radius 2 is 1.67 bits per heavy atom. The summed E-state index contributed by atoms with van der Waals surface area (Å²) in [7, 11) is 0. The second-order valence-corrected chi connectivity index (χ2v) is 8.05. The van der Waals surface area contributed by atoms with Gasteiger partial charge in [0.1, 0.15) is 10.9 Å². The van der Waals surface area contributed by atoms with E-state index in [0.717, 1.165) is 28.1 Å². The van der Waals surface area contributed by atoms with Gasteiger partial charge < -0.3 is 5.32 Å². The van der Waals surface area contributed by atoms with Gasteiger partial charge in [-0.1, -0.05) is 48.2 Å². The van der Waals surface area contributed by atoms with Crippen LogP contribution in [0.15, 0.2) is 53.7 Å². The number of aromatic nitrogens is 2. The molecule has 0 aliphatic carbocycles. The zero-order valence-corrected chi connectivity index (χ0v) is 18.0. The molecule has 3 aromatic rings. The van der Waals surface area contributed by atoms with Crippen LogP contribution in [-0.2, 0) is 4.79 Å². The first kappa shape index (κ1) is 21.4. The van der Waals surface area contributed by atoms with Crippen molar-refractivity contribution in [3.63, 3.8) is 0 Å². The van der Waals surface area contributed by atoms with Gasteiger partial charge in [0.05, 0.1) is 4.92 Å². The molecule has 7 nitrogen and oxygen atoms in total. The highest BCUT2D eigenvalue weighted by Crippen LogP contribution is 2.36. The number of carbonyl (C=O) groups is 1. The van der Waals surface area contributed by atoms with Crippen molar-refractivity contribution in [2.24, 2.45) is 0 Å². The smallest absolute Gasteiger partial charge is 0.293 e. The van der Waals surface area contributed by atoms with E-state index in [9.17, 15) is 14.9 Å².